The Hall–Kier alpha value is -3.90. The summed E-state index contributed by atoms with van der Waals surface area (Å²) in [5, 5.41) is 0.974. The van der Waals surface area contributed by atoms with Gasteiger partial charge in [-0.25, -0.2) is 0 Å². The molecule has 0 radical (unpaired) electrons. The molecule has 7 heteroatoms. The largest absolute Gasteiger partial charge is 0.450 e. The van der Waals surface area contributed by atoms with Crippen molar-refractivity contribution in [3.63, 3.8) is 0 Å². The topological polar surface area (TPSA) is 70.8 Å². The third-order valence-corrected chi connectivity index (χ3v) is 7.81. The van der Waals surface area contributed by atoms with Crippen molar-refractivity contribution in [2.45, 2.75) is 39.3 Å². The summed E-state index contributed by atoms with van der Waals surface area (Å²) < 4.78 is 6.15. The van der Waals surface area contributed by atoms with Crippen molar-refractivity contribution in [3.8, 4) is 0 Å². The van der Waals surface area contributed by atoms with Gasteiger partial charge >= 0.3 is 0 Å². The monoisotopic (exact) mass is 512 g/mol. The number of hydrogen-bond donors (Lipinski definition) is 0. The van der Waals surface area contributed by atoms with E-state index in [2.05, 4.69) is 0 Å². The van der Waals surface area contributed by atoms with E-state index in [0.717, 1.165) is 16.7 Å². The molecule has 4 aromatic rings. The zero-order chi connectivity index (χ0) is 26.1. The van der Waals surface area contributed by atoms with Crippen LogP contribution in [0.2, 0.25) is 5.02 Å². The molecule has 0 saturated carbocycles. The average Bonchev–Trinajstić information content (AvgIpc) is 3.27. The normalized spacial score (nSPS) is 18.3. The van der Waals surface area contributed by atoms with Crippen LogP contribution in [-0.4, -0.2) is 23.3 Å². The lowest BCUT2D eigenvalue weighted by atomic mass is 9.83. The Balaban J connectivity index is 1.65. The van der Waals surface area contributed by atoms with E-state index in [1.54, 1.807) is 29.2 Å². The molecule has 6 rings (SSSR count). The minimum absolute atomic E-state index is 0.0503. The van der Waals surface area contributed by atoms with E-state index < -0.39 is 11.4 Å². The number of anilines is 1. The Morgan fingerprint density at radius 3 is 2.38 bits per heavy atom. The second-order valence-corrected chi connectivity index (χ2v) is 10.2. The summed E-state index contributed by atoms with van der Waals surface area (Å²) in [5.41, 5.74) is 2.59. The van der Waals surface area contributed by atoms with Crippen LogP contribution in [0.15, 0.2) is 69.9 Å². The zero-order valence-electron chi connectivity index (χ0n) is 20.8. The molecule has 2 aliphatic rings. The minimum Gasteiger partial charge on any atom is -0.450 e. The number of aryl methyl sites for hydroxylation is 2. The number of carbonyl (C=O) groups is 2. The Labute approximate surface area is 219 Å². The Kier molecular flexibility index (Phi) is 5.28. The second kappa shape index (κ2) is 8.32. The first-order valence-electron chi connectivity index (χ1n) is 12.4. The number of fused-ring (bicyclic) bond motifs is 5. The molecule has 186 valence electrons. The van der Waals surface area contributed by atoms with Crippen molar-refractivity contribution in [2.24, 2.45) is 0 Å². The molecule has 0 aliphatic carbocycles. The maximum Gasteiger partial charge on any atom is 0.291 e. The Morgan fingerprint density at radius 1 is 0.946 bits per heavy atom. The average molecular weight is 513 g/mol. The molecule has 0 saturated heterocycles. The number of halogens is 1. The third-order valence-electron chi connectivity index (χ3n) is 7.55. The molecular weight excluding hydrogens is 488 g/mol. The summed E-state index contributed by atoms with van der Waals surface area (Å²) in [6, 6.07) is 18.3. The van der Waals surface area contributed by atoms with Gasteiger partial charge in [-0.2, -0.15) is 0 Å². The fourth-order valence-electron chi connectivity index (χ4n) is 5.70. The summed E-state index contributed by atoms with van der Waals surface area (Å²) in [7, 11) is 0. The highest BCUT2D eigenvalue weighted by Gasteiger charge is 2.64. The number of hydrogen-bond acceptors (Lipinski definition) is 4. The van der Waals surface area contributed by atoms with E-state index in [1.165, 1.54) is 4.90 Å². The number of rotatable bonds is 4. The highest BCUT2D eigenvalue weighted by molar-refractivity contribution is 6.30. The molecule has 0 N–H and O–H groups in total. The van der Waals surface area contributed by atoms with Crippen LogP contribution < -0.4 is 10.3 Å². The molecule has 2 amide bonds. The molecule has 1 spiro atoms. The van der Waals surface area contributed by atoms with Crippen LogP contribution in [0.4, 0.5) is 5.69 Å². The fraction of sp³-hybridized carbons (Fsp3) is 0.233. The van der Waals surface area contributed by atoms with Crippen molar-refractivity contribution in [1.29, 1.82) is 0 Å². The van der Waals surface area contributed by atoms with E-state index in [0.29, 0.717) is 40.2 Å². The van der Waals surface area contributed by atoms with Crippen molar-refractivity contribution >= 4 is 40.1 Å². The van der Waals surface area contributed by atoms with Crippen LogP contribution in [0, 0.1) is 13.8 Å². The molecule has 2 aliphatic heterocycles. The van der Waals surface area contributed by atoms with Crippen LogP contribution in [0.1, 0.15) is 51.7 Å². The first-order chi connectivity index (χ1) is 17.8. The van der Waals surface area contributed by atoms with Gasteiger partial charge in [-0.3, -0.25) is 14.4 Å². The summed E-state index contributed by atoms with van der Waals surface area (Å²) in [6.45, 7) is 6.37. The Morgan fingerprint density at radius 2 is 1.65 bits per heavy atom. The number of carbonyl (C=O) groups excluding carboxylic acids is 2. The predicted octanol–water partition coefficient (Wildman–Crippen LogP) is 5.72. The van der Waals surface area contributed by atoms with Gasteiger partial charge in [-0.15, -0.1) is 0 Å². The Bertz CT molecular complexity index is 1670. The number of nitrogens with zero attached hydrogens (tertiary/aromatic N) is 2. The van der Waals surface area contributed by atoms with Crippen LogP contribution in [0.5, 0.6) is 0 Å². The standard InChI is InChI=1S/C30H25ClN2O4/c1-4-13-33-28(35)27-25(26(34)21-14-17(2)18(3)15-24(21)37-27)30(33)22-7-5-6-8-23(22)32(29(30)36)16-19-9-11-20(31)12-10-19/h5-12,14-15H,4,13,16H2,1-3H3. The lowest BCUT2D eigenvalue weighted by Crippen LogP contribution is -2.53. The first kappa shape index (κ1) is 23.5. The van der Waals surface area contributed by atoms with Gasteiger partial charge in [0.25, 0.3) is 11.8 Å². The van der Waals surface area contributed by atoms with Crippen LogP contribution in [0.25, 0.3) is 11.0 Å². The van der Waals surface area contributed by atoms with Gasteiger partial charge < -0.3 is 14.2 Å². The smallest absolute Gasteiger partial charge is 0.291 e. The van der Waals surface area contributed by atoms with Gasteiger partial charge in [-0.05, 0) is 67.3 Å². The van der Waals surface area contributed by atoms with Gasteiger partial charge in [0.1, 0.15) is 5.58 Å². The van der Waals surface area contributed by atoms with Gasteiger partial charge in [-0.1, -0.05) is 48.9 Å². The summed E-state index contributed by atoms with van der Waals surface area (Å²) in [4.78, 5) is 45.8. The molecule has 6 nitrogen and oxygen atoms in total. The van der Waals surface area contributed by atoms with Gasteiger partial charge in [0, 0.05) is 17.1 Å². The molecule has 0 fully saturated rings. The number of para-hydroxylation sites is 1. The van der Waals surface area contributed by atoms with Crippen molar-refractivity contribution in [3.05, 3.63) is 109 Å². The van der Waals surface area contributed by atoms with Gasteiger partial charge in [0.15, 0.2) is 11.0 Å². The maximum atomic E-state index is 14.6. The van der Waals surface area contributed by atoms with Crippen molar-refractivity contribution < 1.29 is 14.0 Å². The van der Waals surface area contributed by atoms with E-state index in [4.69, 9.17) is 16.0 Å². The van der Waals surface area contributed by atoms with Crippen molar-refractivity contribution in [2.75, 3.05) is 11.4 Å². The molecule has 1 atom stereocenters. The fourth-order valence-corrected chi connectivity index (χ4v) is 5.82. The van der Waals surface area contributed by atoms with E-state index >= 15 is 0 Å². The summed E-state index contributed by atoms with van der Waals surface area (Å²) in [6.07, 6.45) is 0.611. The molecule has 0 bridgehead atoms. The van der Waals surface area contributed by atoms with E-state index in [9.17, 15) is 14.4 Å². The molecule has 37 heavy (non-hydrogen) atoms. The van der Waals surface area contributed by atoms with Gasteiger partial charge in [0.2, 0.25) is 5.76 Å². The predicted molar refractivity (Wildman–Crippen MR) is 143 cm³/mol. The van der Waals surface area contributed by atoms with E-state index in [1.807, 2.05) is 57.2 Å². The van der Waals surface area contributed by atoms with Crippen LogP contribution in [-0.2, 0) is 16.9 Å². The maximum absolute atomic E-state index is 14.6. The molecule has 1 unspecified atom stereocenters. The van der Waals surface area contributed by atoms with Gasteiger partial charge in [0.05, 0.1) is 23.2 Å². The highest BCUT2D eigenvalue weighted by atomic mass is 35.5. The first-order valence-corrected chi connectivity index (χ1v) is 12.7. The summed E-state index contributed by atoms with van der Waals surface area (Å²) >= 11 is 6.08. The minimum atomic E-state index is -1.58. The van der Waals surface area contributed by atoms with Crippen molar-refractivity contribution in [1.82, 2.24) is 4.90 Å². The summed E-state index contributed by atoms with van der Waals surface area (Å²) in [5.74, 6) is -0.823. The van der Waals surface area contributed by atoms with Crippen LogP contribution >= 0.6 is 11.6 Å². The lowest BCUT2D eigenvalue weighted by Gasteiger charge is -2.34. The quantitative estimate of drug-likeness (QED) is 0.350. The number of benzene rings is 3. The molecule has 3 aromatic carbocycles. The number of amides is 2. The highest BCUT2D eigenvalue weighted by Crippen LogP contribution is 2.53. The molecule has 3 heterocycles. The molecular formula is C30H25ClN2O4. The lowest BCUT2D eigenvalue weighted by molar-refractivity contribution is -0.126. The molecule has 1 aromatic heterocycles. The van der Waals surface area contributed by atoms with E-state index in [-0.39, 0.29) is 29.2 Å². The zero-order valence-corrected chi connectivity index (χ0v) is 21.6. The van der Waals surface area contributed by atoms with Crippen LogP contribution in [0.3, 0.4) is 0 Å². The third kappa shape index (κ3) is 3.15. The second-order valence-electron chi connectivity index (χ2n) is 9.77. The SMILES string of the molecule is CCCN1C(=O)c2oc3cc(C)c(C)cc3c(=O)c2C12C(=O)N(Cc1ccc(Cl)cc1)c1ccccc12.